The van der Waals surface area contributed by atoms with Crippen LogP contribution in [0.25, 0.3) is 0 Å². The molecule has 1 aromatic carbocycles. The number of nitrogens with zero attached hydrogens (tertiary/aromatic N) is 3. The molecule has 5 heteroatoms. The summed E-state index contributed by atoms with van der Waals surface area (Å²) in [6.07, 6.45) is 2.30. The molecule has 2 N–H and O–H groups in total. The van der Waals surface area contributed by atoms with Crippen molar-refractivity contribution in [2.24, 2.45) is 5.73 Å². The minimum Gasteiger partial charge on any atom is -0.340 e. The summed E-state index contributed by atoms with van der Waals surface area (Å²) in [6, 6.07) is 11.2. The SMILES string of the molecule is NCC(=O)N1CCCC(N2CCN(Cc3ccccc3)CC2)C1. The summed E-state index contributed by atoms with van der Waals surface area (Å²) in [6.45, 7) is 7.32. The molecule has 0 aliphatic carbocycles. The van der Waals surface area contributed by atoms with E-state index in [1.165, 1.54) is 12.0 Å². The van der Waals surface area contributed by atoms with E-state index in [4.69, 9.17) is 5.73 Å². The quantitative estimate of drug-likeness (QED) is 0.891. The number of carbonyl (C=O) groups excluding carboxylic acids is 1. The van der Waals surface area contributed by atoms with Crippen LogP contribution in [0.5, 0.6) is 0 Å². The summed E-state index contributed by atoms with van der Waals surface area (Å²) < 4.78 is 0. The number of amides is 1. The monoisotopic (exact) mass is 316 g/mol. The molecule has 0 spiro atoms. The van der Waals surface area contributed by atoms with Crippen molar-refractivity contribution >= 4 is 5.91 Å². The summed E-state index contributed by atoms with van der Waals surface area (Å²) in [7, 11) is 0. The lowest BCUT2D eigenvalue weighted by atomic mass is 10.0. The Morgan fingerprint density at radius 2 is 1.83 bits per heavy atom. The molecular weight excluding hydrogens is 288 g/mol. The summed E-state index contributed by atoms with van der Waals surface area (Å²) in [5, 5.41) is 0. The predicted octanol–water partition coefficient (Wildman–Crippen LogP) is 0.754. The van der Waals surface area contributed by atoms with E-state index in [9.17, 15) is 4.79 Å². The van der Waals surface area contributed by atoms with Gasteiger partial charge >= 0.3 is 0 Å². The Kier molecular flexibility index (Phi) is 5.65. The van der Waals surface area contributed by atoms with Crippen LogP contribution in [0, 0.1) is 0 Å². The van der Waals surface area contributed by atoms with E-state index >= 15 is 0 Å². The Balaban J connectivity index is 1.48. The lowest BCUT2D eigenvalue weighted by Gasteiger charge is -2.43. The van der Waals surface area contributed by atoms with Gasteiger partial charge in [-0.15, -0.1) is 0 Å². The zero-order chi connectivity index (χ0) is 16.1. The number of rotatable bonds is 4. The highest BCUT2D eigenvalue weighted by atomic mass is 16.2. The molecule has 5 nitrogen and oxygen atoms in total. The van der Waals surface area contributed by atoms with Crippen molar-refractivity contribution in [1.29, 1.82) is 0 Å². The topological polar surface area (TPSA) is 52.8 Å². The fourth-order valence-electron chi connectivity index (χ4n) is 3.74. The molecule has 1 amide bonds. The van der Waals surface area contributed by atoms with Gasteiger partial charge < -0.3 is 10.6 Å². The highest BCUT2D eigenvalue weighted by molar-refractivity contribution is 5.78. The maximum Gasteiger partial charge on any atom is 0.236 e. The van der Waals surface area contributed by atoms with Crippen molar-refractivity contribution in [3.05, 3.63) is 35.9 Å². The van der Waals surface area contributed by atoms with Crippen LogP contribution in [0.1, 0.15) is 18.4 Å². The first-order valence-corrected chi connectivity index (χ1v) is 8.74. The van der Waals surface area contributed by atoms with E-state index in [2.05, 4.69) is 40.1 Å². The molecule has 126 valence electrons. The minimum absolute atomic E-state index is 0.0948. The second-order valence-electron chi connectivity index (χ2n) is 6.64. The molecule has 0 bridgehead atoms. The molecular formula is C18H28N4O. The van der Waals surface area contributed by atoms with Crippen LogP contribution in [-0.2, 0) is 11.3 Å². The van der Waals surface area contributed by atoms with Crippen LogP contribution in [-0.4, -0.2) is 72.5 Å². The fraction of sp³-hybridized carbons (Fsp3) is 0.611. The van der Waals surface area contributed by atoms with Gasteiger partial charge in [0.15, 0.2) is 0 Å². The van der Waals surface area contributed by atoms with Gasteiger partial charge in [-0.2, -0.15) is 0 Å². The van der Waals surface area contributed by atoms with Gasteiger partial charge in [-0.05, 0) is 18.4 Å². The number of carbonyl (C=O) groups is 1. The Hall–Kier alpha value is -1.43. The first-order valence-electron chi connectivity index (χ1n) is 8.74. The summed E-state index contributed by atoms with van der Waals surface area (Å²) in [5.74, 6) is 0.0948. The normalized spacial score (nSPS) is 23.9. The Labute approximate surface area is 139 Å². The van der Waals surface area contributed by atoms with Crippen molar-refractivity contribution in [2.45, 2.75) is 25.4 Å². The van der Waals surface area contributed by atoms with Crippen molar-refractivity contribution < 1.29 is 4.79 Å². The van der Waals surface area contributed by atoms with Crippen LogP contribution >= 0.6 is 0 Å². The molecule has 2 aliphatic rings. The number of hydrogen-bond donors (Lipinski definition) is 1. The first-order chi connectivity index (χ1) is 11.3. The summed E-state index contributed by atoms with van der Waals surface area (Å²) in [5.41, 5.74) is 6.89. The highest BCUT2D eigenvalue weighted by Gasteiger charge is 2.29. The zero-order valence-corrected chi connectivity index (χ0v) is 13.9. The number of nitrogens with two attached hydrogens (primary N) is 1. The predicted molar refractivity (Wildman–Crippen MR) is 91.9 cm³/mol. The van der Waals surface area contributed by atoms with Gasteiger partial charge in [0.1, 0.15) is 0 Å². The van der Waals surface area contributed by atoms with Crippen molar-refractivity contribution in [3.8, 4) is 0 Å². The average Bonchev–Trinajstić information content (AvgIpc) is 2.62. The zero-order valence-electron chi connectivity index (χ0n) is 13.9. The van der Waals surface area contributed by atoms with Gasteiger partial charge in [0.05, 0.1) is 6.54 Å². The highest BCUT2D eigenvalue weighted by Crippen LogP contribution is 2.18. The van der Waals surface area contributed by atoms with E-state index in [0.717, 1.165) is 52.2 Å². The summed E-state index contributed by atoms with van der Waals surface area (Å²) >= 11 is 0. The molecule has 0 aromatic heterocycles. The van der Waals surface area contributed by atoms with Gasteiger partial charge in [-0.3, -0.25) is 14.6 Å². The third-order valence-corrected chi connectivity index (χ3v) is 5.10. The number of piperazine rings is 1. The van der Waals surface area contributed by atoms with E-state index in [-0.39, 0.29) is 12.5 Å². The molecule has 2 heterocycles. The molecule has 1 aromatic rings. The molecule has 2 saturated heterocycles. The van der Waals surface area contributed by atoms with Gasteiger partial charge in [-0.25, -0.2) is 0 Å². The Bertz CT molecular complexity index is 499. The molecule has 2 aliphatic heterocycles. The lowest BCUT2D eigenvalue weighted by Crippen LogP contribution is -2.56. The second kappa shape index (κ2) is 7.90. The Morgan fingerprint density at radius 1 is 1.09 bits per heavy atom. The van der Waals surface area contributed by atoms with E-state index in [1.54, 1.807) is 0 Å². The van der Waals surface area contributed by atoms with Gasteiger partial charge in [0.25, 0.3) is 0 Å². The van der Waals surface area contributed by atoms with Crippen LogP contribution in [0.3, 0.4) is 0 Å². The maximum atomic E-state index is 11.8. The summed E-state index contributed by atoms with van der Waals surface area (Å²) in [4.78, 5) is 18.9. The first kappa shape index (κ1) is 16.4. The minimum atomic E-state index is 0.0948. The molecule has 2 fully saturated rings. The third kappa shape index (κ3) is 4.31. The average molecular weight is 316 g/mol. The lowest BCUT2D eigenvalue weighted by molar-refractivity contribution is -0.132. The maximum absolute atomic E-state index is 11.8. The Morgan fingerprint density at radius 3 is 2.52 bits per heavy atom. The number of benzene rings is 1. The van der Waals surface area contributed by atoms with E-state index < -0.39 is 0 Å². The smallest absolute Gasteiger partial charge is 0.236 e. The van der Waals surface area contributed by atoms with Gasteiger partial charge in [0.2, 0.25) is 5.91 Å². The number of piperidine rings is 1. The molecule has 23 heavy (non-hydrogen) atoms. The molecule has 0 saturated carbocycles. The molecule has 3 rings (SSSR count). The van der Waals surface area contributed by atoms with Crippen LogP contribution in [0.15, 0.2) is 30.3 Å². The molecule has 1 unspecified atom stereocenters. The van der Waals surface area contributed by atoms with Crippen LogP contribution in [0.2, 0.25) is 0 Å². The third-order valence-electron chi connectivity index (χ3n) is 5.10. The largest absolute Gasteiger partial charge is 0.340 e. The fourth-order valence-corrected chi connectivity index (χ4v) is 3.74. The second-order valence-corrected chi connectivity index (χ2v) is 6.64. The van der Waals surface area contributed by atoms with Gasteiger partial charge in [-0.1, -0.05) is 30.3 Å². The standard InChI is InChI=1S/C18H28N4O/c19-13-18(23)22-8-4-7-17(15-22)21-11-9-20(10-12-21)14-16-5-2-1-3-6-16/h1-3,5-6,17H,4,7-15,19H2. The van der Waals surface area contributed by atoms with Crippen LogP contribution in [0.4, 0.5) is 0 Å². The number of likely N-dealkylation sites (tertiary alicyclic amines) is 1. The number of hydrogen-bond acceptors (Lipinski definition) is 4. The molecule has 1 atom stereocenters. The van der Waals surface area contributed by atoms with Crippen molar-refractivity contribution in [2.75, 3.05) is 45.8 Å². The van der Waals surface area contributed by atoms with E-state index in [0.29, 0.717) is 6.04 Å². The van der Waals surface area contributed by atoms with Gasteiger partial charge in [0, 0.05) is 51.9 Å². The van der Waals surface area contributed by atoms with Crippen molar-refractivity contribution in [1.82, 2.24) is 14.7 Å². The van der Waals surface area contributed by atoms with Crippen molar-refractivity contribution in [3.63, 3.8) is 0 Å². The molecule has 0 radical (unpaired) electrons. The van der Waals surface area contributed by atoms with E-state index in [1.807, 2.05) is 4.90 Å². The van der Waals surface area contributed by atoms with Crippen LogP contribution < -0.4 is 5.73 Å².